The van der Waals surface area contributed by atoms with Crippen LogP contribution < -0.4 is 5.73 Å². The van der Waals surface area contributed by atoms with Crippen LogP contribution in [-0.2, 0) is 20.0 Å². The van der Waals surface area contributed by atoms with Crippen LogP contribution in [0.5, 0.6) is 0 Å². The van der Waals surface area contributed by atoms with Gasteiger partial charge in [0, 0.05) is 26.2 Å². The van der Waals surface area contributed by atoms with Crippen LogP contribution in [0.15, 0.2) is 34.1 Å². The second-order valence-electron chi connectivity index (χ2n) is 6.66. The van der Waals surface area contributed by atoms with Gasteiger partial charge in [-0.3, -0.25) is 0 Å². The topological polar surface area (TPSA) is 101 Å². The van der Waals surface area contributed by atoms with Crippen LogP contribution in [0, 0.1) is 5.41 Å². The summed E-state index contributed by atoms with van der Waals surface area (Å²) in [4.78, 5) is 0.204. The molecule has 0 saturated carbocycles. The summed E-state index contributed by atoms with van der Waals surface area (Å²) in [6.07, 6.45) is 0.719. The van der Waals surface area contributed by atoms with Crippen molar-refractivity contribution in [2.45, 2.75) is 37.0 Å². The lowest BCUT2D eigenvalue weighted by atomic mass is 9.90. The first-order valence-electron chi connectivity index (χ1n) is 8.41. The highest BCUT2D eigenvalue weighted by Gasteiger charge is 2.39. The van der Waals surface area contributed by atoms with E-state index in [0.29, 0.717) is 32.7 Å². The summed E-state index contributed by atoms with van der Waals surface area (Å²) >= 11 is 0. The third-order valence-corrected chi connectivity index (χ3v) is 8.74. The molecule has 9 heteroatoms. The summed E-state index contributed by atoms with van der Waals surface area (Å²) in [6.45, 7) is 7.47. The van der Waals surface area contributed by atoms with Crippen LogP contribution in [0.25, 0.3) is 0 Å². The van der Waals surface area contributed by atoms with Crippen molar-refractivity contribution in [2.24, 2.45) is 11.1 Å². The van der Waals surface area contributed by atoms with E-state index in [0.717, 1.165) is 6.42 Å². The molecule has 0 spiro atoms. The van der Waals surface area contributed by atoms with Crippen LogP contribution in [0.1, 0.15) is 27.2 Å². The van der Waals surface area contributed by atoms with Gasteiger partial charge < -0.3 is 5.73 Å². The quantitative estimate of drug-likeness (QED) is 0.752. The minimum Gasteiger partial charge on any atom is -0.330 e. The number of hydrogen-bond donors (Lipinski definition) is 1. The Labute approximate surface area is 150 Å². The molecule has 1 fully saturated rings. The van der Waals surface area contributed by atoms with E-state index in [4.69, 9.17) is 5.73 Å². The molecule has 25 heavy (non-hydrogen) atoms. The average Bonchev–Trinajstić information content (AvgIpc) is 3.00. The normalized spacial score (nSPS) is 22.6. The number of sulfonamides is 2. The van der Waals surface area contributed by atoms with Gasteiger partial charge in [0.2, 0.25) is 20.0 Å². The van der Waals surface area contributed by atoms with Crippen molar-refractivity contribution < 1.29 is 16.8 Å². The Hall–Kier alpha value is -1.00. The number of benzene rings is 1. The Morgan fingerprint density at radius 2 is 1.60 bits per heavy atom. The molecule has 7 nitrogen and oxygen atoms in total. The number of hydrogen-bond acceptors (Lipinski definition) is 5. The van der Waals surface area contributed by atoms with Gasteiger partial charge >= 0.3 is 0 Å². The number of nitrogens with zero attached hydrogens (tertiary/aromatic N) is 2. The predicted molar refractivity (Wildman–Crippen MR) is 97.1 cm³/mol. The highest BCUT2D eigenvalue weighted by atomic mass is 32.2. The molecule has 1 heterocycles. The molecule has 0 radical (unpaired) electrons. The van der Waals surface area contributed by atoms with Crippen molar-refractivity contribution in [1.29, 1.82) is 0 Å². The lowest BCUT2D eigenvalue weighted by Gasteiger charge is -2.22. The first kappa shape index (κ1) is 20.3. The van der Waals surface area contributed by atoms with E-state index >= 15 is 0 Å². The van der Waals surface area contributed by atoms with Crippen molar-refractivity contribution in [1.82, 2.24) is 8.61 Å². The van der Waals surface area contributed by atoms with E-state index in [-0.39, 0.29) is 15.2 Å². The molecular weight excluding hydrogens is 362 g/mol. The summed E-state index contributed by atoms with van der Waals surface area (Å²) < 4.78 is 53.3. The zero-order valence-corrected chi connectivity index (χ0v) is 16.6. The van der Waals surface area contributed by atoms with Gasteiger partial charge in [-0.1, -0.05) is 20.8 Å². The standard InChI is InChI=1S/C16H27N3O4S2/c1-4-18(5-2)24(20,21)14-6-8-15(9-7-14)25(22,23)19-11-10-16(3,12-17)13-19/h6-9H,4-5,10-13,17H2,1-3H3. The Kier molecular flexibility index (Phi) is 5.95. The number of rotatable bonds is 7. The lowest BCUT2D eigenvalue weighted by Crippen LogP contribution is -2.34. The molecule has 1 aromatic carbocycles. The lowest BCUT2D eigenvalue weighted by molar-refractivity contribution is 0.349. The summed E-state index contributed by atoms with van der Waals surface area (Å²) in [5, 5.41) is 0. The maximum absolute atomic E-state index is 12.8. The molecule has 2 rings (SSSR count). The smallest absolute Gasteiger partial charge is 0.243 e. The zero-order chi connectivity index (χ0) is 18.9. The largest absolute Gasteiger partial charge is 0.330 e. The summed E-state index contributed by atoms with van der Waals surface area (Å²) in [5.74, 6) is 0. The molecule has 1 aliphatic rings. The molecule has 2 N–H and O–H groups in total. The SMILES string of the molecule is CCN(CC)S(=O)(=O)c1ccc(S(=O)(=O)N2CCC(C)(CN)C2)cc1. The predicted octanol–water partition coefficient (Wildman–Crippen LogP) is 1.08. The van der Waals surface area contributed by atoms with Crippen molar-refractivity contribution in [2.75, 3.05) is 32.7 Å². The molecule has 1 aliphatic heterocycles. The van der Waals surface area contributed by atoms with Gasteiger partial charge in [0.1, 0.15) is 0 Å². The Morgan fingerprint density at radius 3 is 2.04 bits per heavy atom. The van der Waals surface area contributed by atoms with E-state index < -0.39 is 20.0 Å². The Bertz CT molecular complexity index is 802. The second kappa shape index (κ2) is 7.32. The fourth-order valence-corrected chi connectivity index (χ4v) is 6.04. The molecule has 0 aliphatic carbocycles. The van der Waals surface area contributed by atoms with Gasteiger partial charge in [0.15, 0.2) is 0 Å². The molecular formula is C16H27N3O4S2. The van der Waals surface area contributed by atoms with Crippen molar-refractivity contribution in [3.05, 3.63) is 24.3 Å². The summed E-state index contributed by atoms with van der Waals surface area (Å²) in [5.41, 5.74) is 5.53. The monoisotopic (exact) mass is 389 g/mol. The maximum atomic E-state index is 12.8. The fourth-order valence-electron chi connectivity index (χ4n) is 3.00. The second-order valence-corrected chi connectivity index (χ2v) is 10.5. The van der Waals surface area contributed by atoms with E-state index in [1.165, 1.54) is 32.9 Å². The van der Waals surface area contributed by atoms with E-state index in [1.807, 2.05) is 6.92 Å². The summed E-state index contributed by atoms with van der Waals surface area (Å²) in [6, 6.07) is 5.45. The van der Waals surface area contributed by atoms with Gasteiger partial charge in [-0.15, -0.1) is 0 Å². The molecule has 1 aromatic rings. The molecule has 142 valence electrons. The maximum Gasteiger partial charge on any atom is 0.243 e. The zero-order valence-electron chi connectivity index (χ0n) is 15.0. The first-order valence-corrected chi connectivity index (χ1v) is 11.3. The van der Waals surface area contributed by atoms with Gasteiger partial charge in [-0.05, 0) is 42.6 Å². The highest BCUT2D eigenvalue weighted by molar-refractivity contribution is 7.89. The van der Waals surface area contributed by atoms with Crippen LogP contribution in [0.2, 0.25) is 0 Å². The Morgan fingerprint density at radius 1 is 1.08 bits per heavy atom. The molecule has 1 atom stereocenters. The van der Waals surface area contributed by atoms with E-state index in [1.54, 1.807) is 13.8 Å². The van der Waals surface area contributed by atoms with Crippen LogP contribution >= 0.6 is 0 Å². The summed E-state index contributed by atoms with van der Waals surface area (Å²) in [7, 11) is -7.24. The number of nitrogens with two attached hydrogens (primary N) is 1. The fraction of sp³-hybridized carbons (Fsp3) is 0.625. The van der Waals surface area contributed by atoms with E-state index in [9.17, 15) is 16.8 Å². The van der Waals surface area contributed by atoms with Gasteiger partial charge in [0.25, 0.3) is 0 Å². The van der Waals surface area contributed by atoms with E-state index in [2.05, 4.69) is 0 Å². The molecule has 1 saturated heterocycles. The molecule has 0 aromatic heterocycles. The minimum absolute atomic E-state index is 0.100. The van der Waals surface area contributed by atoms with Crippen LogP contribution in [-0.4, -0.2) is 58.2 Å². The third-order valence-electron chi connectivity index (χ3n) is 4.82. The van der Waals surface area contributed by atoms with Crippen molar-refractivity contribution in [3.8, 4) is 0 Å². The van der Waals surface area contributed by atoms with Crippen molar-refractivity contribution in [3.63, 3.8) is 0 Å². The van der Waals surface area contributed by atoms with Crippen molar-refractivity contribution >= 4 is 20.0 Å². The van der Waals surface area contributed by atoms with Gasteiger partial charge in [0.05, 0.1) is 9.79 Å². The van der Waals surface area contributed by atoms with Gasteiger partial charge in [-0.2, -0.15) is 8.61 Å². The third kappa shape index (κ3) is 3.90. The van der Waals surface area contributed by atoms with Crippen LogP contribution in [0.4, 0.5) is 0 Å². The molecule has 0 bridgehead atoms. The molecule has 1 unspecified atom stereocenters. The Balaban J connectivity index is 2.28. The molecule has 0 amide bonds. The first-order chi connectivity index (χ1) is 11.6. The van der Waals surface area contributed by atoms with Crippen LogP contribution in [0.3, 0.4) is 0 Å². The highest BCUT2D eigenvalue weighted by Crippen LogP contribution is 2.32. The minimum atomic E-state index is -3.64. The van der Waals surface area contributed by atoms with Gasteiger partial charge in [-0.25, -0.2) is 16.8 Å². The average molecular weight is 390 g/mol.